The van der Waals surface area contributed by atoms with E-state index in [2.05, 4.69) is 15.0 Å². The van der Waals surface area contributed by atoms with E-state index in [-0.39, 0.29) is 0 Å². The average Bonchev–Trinajstić information content (AvgIpc) is 2.58. The zero-order valence-corrected chi connectivity index (χ0v) is 6.71. The molecule has 0 fully saturated rings. The highest BCUT2D eigenvalue weighted by Crippen LogP contribution is 2.17. The summed E-state index contributed by atoms with van der Waals surface area (Å²) < 4.78 is 0. The van der Waals surface area contributed by atoms with Gasteiger partial charge in [0.1, 0.15) is 11.4 Å². The van der Waals surface area contributed by atoms with Crippen LogP contribution in [0, 0.1) is 0 Å². The van der Waals surface area contributed by atoms with Crippen molar-refractivity contribution >= 4 is 16.8 Å². The molecule has 11 heavy (non-hydrogen) atoms. The first kappa shape index (κ1) is 6.79. The minimum atomic E-state index is 0.925. The number of thioether (sulfide) groups is 1. The molecule has 0 radical (unpaired) electrons. The molecule has 0 amide bonds. The van der Waals surface area contributed by atoms with Crippen molar-refractivity contribution in [2.24, 2.45) is 4.99 Å². The highest BCUT2D eigenvalue weighted by molar-refractivity contribution is 8.14. The lowest BCUT2D eigenvalue weighted by Gasteiger charge is -1.95. The van der Waals surface area contributed by atoms with E-state index in [0.29, 0.717) is 0 Å². The van der Waals surface area contributed by atoms with Gasteiger partial charge in [-0.25, -0.2) is 9.97 Å². The number of nitrogens with zero attached hydrogens (tertiary/aromatic N) is 3. The largest absolute Gasteiger partial charge is 0.277 e. The van der Waals surface area contributed by atoms with Gasteiger partial charge in [-0.3, -0.25) is 4.99 Å². The molecular formula is C7H7N3S. The second-order valence-corrected chi connectivity index (χ2v) is 3.25. The fourth-order valence-corrected chi connectivity index (χ4v) is 1.75. The number of aliphatic imine (C=N–C) groups is 1. The average molecular weight is 165 g/mol. The third-order valence-electron chi connectivity index (χ3n) is 1.39. The molecule has 0 aliphatic carbocycles. The molecule has 56 valence electrons. The lowest BCUT2D eigenvalue weighted by molar-refractivity contribution is 1.15. The van der Waals surface area contributed by atoms with E-state index in [9.17, 15) is 0 Å². The van der Waals surface area contributed by atoms with E-state index < -0.39 is 0 Å². The minimum absolute atomic E-state index is 0.925. The molecule has 0 atom stereocenters. The SMILES string of the molecule is c1ncc(C2=NCCS2)cn1. The first-order valence-electron chi connectivity index (χ1n) is 3.39. The lowest BCUT2D eigenvalue weighted by atomic mass is 10.4. The molecule has 4 heteroatoms. The van der Waals surface area contributed by atoms with Crippen LogP contribution in [0.1, 0.15) is 5.56 Å². The van der Waals surface area contributed by atoms with Gasteiger partial charge in [-0.2, -0.15) is 0 Å². The maximum absolute atomic E-state index is 4.31. The first-order chi connectivity index (χ1) is 5.47. The highest BCUT2D eigenvalue weighted by atomic mass is 32.2. The summed E-state index contributed by atoms with van der Waals surface area (Å²) in [5, 5.41) is 1.07. The van der Waals surface area contributed by atoms with Gasteiger partial charge in [0.15, 0.2) is 0 Å². The maximum Gasteiger partial charge on any atom is 0.115 e. The van der Waals surface area contributed by atoms with Gasteiger partial charge in [0.05, 0.1) is 0 Å². The van der Waals surface area contributed by atoms with Crippen LogP contribution >= 0.6 is 11.8 Å². The molecule has 0 bridgehead atoms. The van der Waals surface area contributed by atoms with Gasteiger partial charge < -0.3 is 0 Å². The molecule has 0 saturated carbocycles. The van der Waals surface area contributed by atoms with Gasteiger partial charge >= 0.3 is 0 Å². The Morgan fingerprint density at radius 2 is 2.09 bits per heavy atom. The Balaban J connectivity index is 2.29. The fourth-order valence-electron chi connectivity index (χ4n) is 0.919. The van der Waals surface area contributed by atoms with Crippen LogP contribution in [-0.4, -0.2) is 27.3 Å². The van der Waals surface area contributed by atoms with Crippen LogP contribution in [0.25, 0.3) is 0 Å². The third-order valence-corrected chi connectivity index (χ3v) is 2.42. The van der Waals surface area contributed by atoms with Crippen molar-refractivity contribution in [3.05, 3.63) is 24.3 Å². The Morgan fingerprint density at radius 1 is 1.27 bits per heavy atom. The number of hydrogen-bond acceptors (Lipinski definition) is 4. The van der Waals surface area contributed by atoms with E-state index in [4.69, 9.17) is 0 Å². The van der Waals surface area contributed by atoms with E-state index in [1.807, 2.05) is 0 Å². The van der Waals surface area contributed by atoms with Gasteiger partial charge in [-0.1, -0.05) is 0 Å². The Labute approximate surface area is 69.0 Å². The van der Waals surface area contributed by atoms with Crippen molar-refractivity contribution < 1.29 is 0 Å². The van der Waals surface area contributed by atoms with Crippen molar-refractivity contribution in [3.8, 4) is 0 Å². The van der Waals surface area contributed by atoms with Gasteiger partial charge in [-0.05, 0) is 0 Å². The zero-order chi connectivity index (χ0) is 7.52. The summed E-state index contributed by atoms with van der Waals surface area (Å²) in [6.45, 7) is 0.925. The van der Waals surface area contributed by atoms with Crippen molar-refractivity contribution in [1.29, 1.82) is 0 Å². The molecular weight excluding hydrogens is 158 g/mol. The summed E-state index contributed by atoms with van der Waals surface area (Å²) in [6, 6.07) is 0. The van der Waals surface area contributed by atoms with Crippen LogP contribution < -0.4 is 0 Å². The van der Waals surface area contributed by atoms with Crippen molar-refractivity contribution in [2.75, 3.05) is 12.3 Å². The number of aromatic nitrogens is 2. The minimum Gasteiger partial charge on any atom is -0.277 e. The molecule has 1 aliphatic heterocycles. The van der Waals surface area contributed by atoms with E-state index >= 15 is 0 Å². The van der Waals surface area contributed by atoms with Crippen LogP contribution in [0.5, 0.6) is 0 Å². The van der Waals surface area contributed by atoms with Crippen molar-refractivity contribution in [1.82, 2.24) is 9.97 Å². The zero-order valence-electron chi connectivity index (χ0n) is 5.90. The summed E-state index contributed by atoms with van der Waals surface area (Å²) in [4.78, 5) is 12.2. The molecule has 1 aromatic heterocycles. The number of rotatable bonds is 1. The molecule has 0 spiro atoms. The third kappa shape index (κ3) is 1.40. The Hall–Kier alpha value is -0.900. The van der Waals surface area contributed by atoms with Gasteiger partial charge in [0.2, 0.25) is 0 Å². The standard InChI is InChI=1S/C7H7N3S/c1-2-11-7(10-1)6-3-8-5-9-4-6/h3-5H,1-2H2. The summed E-state index contributed by atoms with van der Waals surface area (Å²) in [5.74, 6) is 1.09. The second kappa shape index (κ2) is 3.00. The Bertz CT molecular complexity index is 270. The van der Waals surface area contributed by atoms with E-state index in [1.54, 1.807) is 24.2 Å². The summed E-state index contributed by atoms with van der Waals surface area (Å²) in [7, 11) is 0. The van der Waals surface area contributed by atoms with Crippen LogP contribution in [0.4, 0.5) is 0 Å². The normalized spacial score (nSPS) is 16.5. The monoisotopic (exact) mass is 165 g/mol. The van der Waals surface area contributed by atoms with E-state index in [0.717, 1.165) is 22.9 Å². The van der Waals surface area contributed by atoms with Crippen molar-refractivity contribution in [3.63, 3.8) is 0 Å². The van der Waals surface area contributed by atoms with Gasteiger partial charge in [-0.15, -0.1) is 11.8 Å². The lowest BCUT2D eigenvalue weighted by Crippen LogP contribution is -1.93. The molecule has 0 N–H and O–H groups in total. The fraction of sp³-hybridized carbons (Fsp3) is 0.286. The highest BCUT2D eigenvalue weighted by Gasteiger charge is 2.08. The summed E-state index contributed by atoms with van der Waals surface area (Å²) in [6.07, 6.45) is 5.12. The van der Waals surface area contributed by atoms with Gasteiger partial charge in [0, 0.05) is 30.3 Å². The topological polar surface area (TPSA) is 38.1 Å². The summed E-state index contributed by atoms with van der Waals surface area (Å²) >= 11 is 1.77. The molecule has 0 aromatic carbocycles. The quantitative estimate of drug-likeness (QED) is 0.622. The molecule has 0 unspecified atom stereocenters. The molecule has 1 aliphatic rings. The first-order valence-corrected chi connectivity index (χ1v) is 4.38. The van der Waals surface area contributed by atoms with Crippen LogP contribution in [-0.2, 0) is 0 Å². The van der Waals surface area contributed by atoms with Crippen molar-refractivity contribution in [2.45, 2.75) is 0 Å². The predicted octanol–water partition coefficient (Wildman–Crippen LogP) is 0.970. The van der Waals surface area contributed by atoms with Gasteiger partial charge in [0.25, 0.3) is 0 Å². The predicted molar refractivity (Wildman–Crippen MR) is 45.9 cm³/mol. The molecule has 3 nitrogen and oxygen atoms in total. The van der Waals surface area contributed by atoms with Crippen LogP contribution in [0.15, 0.2) is 23.7 Å². The maximum atomic E-state index is 4.31. The molecule has 2 rings (SSSR count). The molecule has 1 aromatic rings. The van der Waals surface area contributed by atoms with E-state index in [1.165, 1.54) is 6.33 Å². The van der Waals surface area contributed by atoms with Crippen LogP contribution in [0.2, 0.25) is 0 Å². The molecule has 0 saturated heterocycles. The number of hydrogen-bond donors (Lipinski definition) is 0. The molecule has 2 heterocycles. The smallest absolute Gasteiger partial charge is 0.115 e. The van der Waals surface area contributed by atoms with Crippen LogP contribution in [0.3, 0.4) is 0 Å². The Morgan fingerprint density at radius 3 is 2.73 bits per heavy atom. The Kier molecular flexibility index (Phi) is 1.85. The second-order valence-electron chi connectivity index (χ2n) is 2.16. The summed E-state index contributed by atoms with van der Waals surface area (Å²) in [5.41, 5.74) is 1.04.